The number of hydrogen-bond donors (Lipinski definition) is 1. The summed E-state index contributed by atoms with van der Waals surface area (Å²) in [6.07, 6.45) is 4.47. The van der Waals surface area contributed by atoms with Crippen LogP contribution in [0, 0.1) is 11.8 Å². The van der Waals surface area contributed by atoms with Crippen LogP contribution in [0.5, 0.6) is 0 Å². The predicted octanol–water partition coefficient (Wildman–Crippen LogP) is 4.44. The van der Waals surface area contributed by atoms with Gasteiger partial charge in [0.25, 0.3) is 0 Å². The van der Waals surface area contributed by atoms with Crippen molar-refractivity contribution in [3.63, 3.8) is 0 Å². The van der Waals surface area contributed by atoms with E-state index in [1.54, 1.807) is 0 Å². The van der Waals surface area contributed by atoms with Crippen molar-refractivity contribution in [1.82, 2.24) is 0 Å². The molecule has 0 radical (unpaired) electrons. The summed E-state index contributed by atoms with van der Waals surface area (Å²) >= 11 is 3.39. The molecular weight excluding hydrogens is 292 g/mol. The molecule has 18 heavy (non-hydrogen) atoms. The molecule has 0 amide bonds. The molecular formula is C15H19BrO2. The normalized spacial score (nSPS) is 25.7. The molecule has 3 atom stereocenters. The zero-order valence-corrected chi connectivity index (χ0v) is 12.2. The summed E-state index contributed by atoms with van der Waals surface area (Å²) in [6, 6.07) is 7.72. The third-order valence-electron chi connectivity index (χ3n) is 3.94. The minimum Gasteiger partial charge on any atom is -0.481 e. The van der Waals surface area contributed by atoms with Crippen LogP contribution in [0.25, 0.3) is 0 Å². The Morgan fingerprint density at radius 1 is 1.33 bits per heavy atom. The lowest BCUT2D eigenvalue weighted by atomic mass is 9.73. The van der Waals surface area contributed by atoms with Gasteiger partial charge in [-0.3, -0.25) is 4.79 Å². The predicted molar refractivity (Wildman–Crippen MR) is 75.6 cm³/mol. The van der Waals surface area contributed by atoms with Gasteiger partial charge in [-0.25, -0.2) is 0 Å². The first kappa shape index (κ1) is 13.6. The van der Waals surface area contributed by atoms with Crippen LogP contribution in [0.1, 0.15) is 44.1 Å². The van der Waals surface area contributed by atoms with E-state index in [1.165, 1.54) is 6.42 Å². The van der Waals surface area contributed by atoms with Gasteiger partial charge in [0.15, 0.2) is 0 Å². The van der Waals surface area contributed by atoms with Crippen LogP contribution in [-0.4, -0.2) is 11.1 Å². The van der Waals surface area contributed by atoms with E-state index in [1.807, 2.05) is 24.3 Å². The topological polar surface area (TPSA) is 37.3 Å². The van der Waals surface area contributed by atoms with E-state index in [9.17, 15) is 9.90 Å². The quantitative estimate of drug-likeness (QED) is 0.896. The van der Waals surface area contributed by atoms with Crippen molar-refractivity contribution in [2.24, 2.45) is 11.8 Å². The van der Waals surface area contributed by atoms with E-state index in [2.05, 4.69) is 22.9 Å². The molecule has 3 unspecified atom stereocenters. The fourth-order valence-corrected chi connectivity index (χ4v) is 3.33. The molecule has 98 valence electrons. The molecule has 0 bridgehead atoms. The van der Waals surface area contributed by atoms with Gasteiger partial charge in [-0.2, -0.15) is 0 Å². The van der Waals surface area contributed by atoms with Gasteiger partial charge in [0.2, 0.25) is 0 Å². The molecule has 0 heterocycles. The number of halogens is 1. The Morgan fingerprint density at radius 3 is 2.56 bits per heavy atom. The zero-order valence-electron chi connectivity index (χ0n) is 10.6. The van der Waals surface area contributed by atoms with Crippen LogP contribution in [0.4, 0.5) is 0 Å². The molecule has 2 rings (SSSR count). The minimum atomic E-state index is -0.684. The Hall–Kier alpha value is -0.830. The van der Waals surface area contributed by atoms with Crippen molar-refractivity contribution >= 4 is 21.9 Å². The number of carboxylic acid groups (broad SMARTS) is 1. The van der Waals surface area contributed by atoms with Crippen LogP contribution in [-0.2, 0) is 4.79 Å². The molecule has 0 aliphatic heterocycles. The second-order valence-electron chi connectivity index (χ2n) is 5.40. The van der Waals surface area contributed by atoms with Gasteiger partial charge in [0.1, 0.15) is 0 Å². The monoisotopic (exact) mass is 310 g/mol. The molecule has 1 saturated carbocycles. The average Bonchev–Trinajstić information content (AvgIpc) is 2.32. The molecule has 1 aliphatic carbocycles. The number of rotatable bonds is 3. The van der Waals surface area contributed by atoms with Gasteiger partial charge in [-0.1, -0.05) is 47.8 Å². The number of hydrogen-bond acceptors (Lipinski definition) is 1. The first-order valence-corrected chi connectivity index (χ1v) is 7.35. The summed E-state index contributed by atoms with van der Waals surface area (Å²) in [6.45, 7) is 2.23. The maximum atomic E-state index is 11.6. The van der Waals surface area contributed by atoms with E-state index in [4.69, 9.17) is 0 Å². The minimum absolute atomic E-state index is 0.285. The summed E-state index contributed by atoms with van der Waals surface area (Å²) in [5.74, 6) is -0.0919. The smallest absolute Gasteiger partial charge is 0.311 e. The molecule has 1 aliphatic rings. The van der Waals surface area contributed by atoms with E-state index < -0.39 is 5.97 Å². The molecule has 0 spiro atoms. The SMILES string of the molecule is CC1CCCC(C(C(=O)O)c2ccc(Br)cc2)C1. The maximum absolute atomic E-state index is 11.6. The summed E-state index contributed by atoms with van der Waals surface area (Å²) in [5.41, 5.74) is 0.935. The van der Waals surface area contributed by atoms with Crippen molar-refractivity contribution in [2.75, 3.05) is 0 Å². The highest BCUT2D eigenvalue weighted by Gasteiger charge is 2.32. The zero-order chi connectivity index (χ0) is 13.1. The molecule has 0 aromatic heterocycles. The lowest BCUT2D eigenvalue weighted by Crippen LogP contribution is -2.26. The van der Waals surface area contributed by atoms with Crippen LogP contribution in [0.15, 0.2) is 28.7 Å². The maximum Gasteiger partial charge on any atom is 0.311 e. The van der Waals surface area contributed by atoms with Crippen molar-refractivity contribution in [2.45, 2.75) is 38.5 Å². The Bertz CT molecular complexity index is 413. The van der Waals surface area contributed by atoms with Gasteiger partial charge < -0.3 is 5.11 Å². The van der Waals surface area contributed by atoms with Gasteiger partial charge in [0.05, 0.1) is 5.92 Å². The molecule has 1 fully saturated rings. The van der Waals surface area contributed by atoms with E-state index in [0.29, 0.717) is 5.92 Å². The van der Waals surface area contributed by atoms with Crippen molar-refractivity contribution < 1.29 is 9.90 Å². The Kier molecular flexibility index (Phi) is 4.44. The van der Waals surface area contributed by atoms with Gasteiger partial charge in [0, 0.05) is 4.47 Å². The summed E-state index contributed by atoms with van der Waals surface area (Å²) in [5, 5.41) is 9.52. The average molecular weight is 311 g/mol. The van der Waals surface area contributed by atoms with Crippen LogP contribution in [0.2, 0.25) is 0 Å². The van der Waals surface area contributed by atoms with Crippen LogP contribution < -0.4 is 0 Å². The molecule has 1 N–H and O–H groups in total. The second-order valence-corrected chi connectivity index (χ2v) is 6.31. The summed E-state index contributed by atoms with van der Waals surface area (Å²) in [7, 11) is 0. The second kappa shape index (κ2) is 5.87. The number of carbonyl (C=O) groups is 1. The summed E-state index contributed by atoms with van der Waals surface area (Å²) < 4.78 is 0.993. The molecule has 2 nitrogen and oxygen atoms in total. The first-order valence-electron chi connectivity index (χ1n) is 6.56. The lowest BCUT2D eigenvalue weighted by molar-refractivity contribution is -0.140. The fourth-order valence-electron chi connectivity index (χ4n) is 3.07. The van der Waals surface area contributed by atoms with Crippen LogP contribution >= 0.6 is 15.9 Å². The van der Waals surface area contributed by atoms with E-state index in [0.717, 1.165) is 29.3 Å². The number of aliphatic carboxylic acids is 1. The Labute approximate surface area is 117 Å². The van der Waals surface area contributed by atoms with Gasteiger partial charge in [-0.15, -0.1) is 0 Å². The highest BCUT2D eigenvalue weighted by molar-refractivity contribution is 9.10. The molecule has 1 aromatic carbocycles. The van der Waals surface area contributed by atoms with Crippen molar-refractivity contribution in [3.8, 4) is 0 Å². The number of carboxylic acids is 1. The fraction of sp³-hybridized carbons (Fsp3) is 0.533. The third kappa shape index (κ3) is 3.14. The largest absolute Gasteiger partial charge is 0.481 e. The van der Waals surface area contributed by atoms with Crippen molar-refractivity contribution in [3.05, 3.63) is 34.3 Å². The summed E-state index contributed by atoms with van der Waals surface area (Å²) in [4.78, 5) is 11.6. The van der Waals surface area contributed by atoms with Crippen molar-refractivity contribution in [1.29, 1.82) is 0 Å². The highest BCUT2D eigenvalue weighted by atomic mass is 79.9. The first-order chi connectivity index (χ1) is 8.58. The molecule has 3 heteroatoms. The standard InChI is InChI=1S/C15H19BrO2/c1-10-3-2-4-12(9-10)14(15(17)18)11-5-7-13(16)8-6-11/h5-8,10,12,14H,2-4,9H2,1H3,(H,17,18). The lowest BCUT2D eigenvalue weighted by Gasteiger charge is -2.31. The highest BCUT2D eigenvalue weighted by Crippen LogP contribution is 2.38. The van der Waals surface area contributed by atoms with E-state index >= 15 is 0 Å². The molecule has 0 saturated heterocycles. The van der Waals surface area contributed by atoms with E-state index in [-0.39, 0.29) is 11.8 Å². The van der Waals surface area contributed by atoms with Gasteiger partial charge in [-0.05, 0) is 42.4 Å². The van der Waals surface area contributed by atoms with Gasteiger partial charge >= 0.3 is 5.97 Å². The third-order valence-corrected chi connectivity index (χ3v) is 4.47. The Morgan fingerprint density at radius 2 is 2.00 bits per heavy atom. The number of benzene rings is 1. The Balaban J connectivity index is 2.22. The molecule has 1 aromatic rings. The van der Waals surface area contributed by atoms with Crippen LogP contribution in [0.3, 0.4) is 0 Å².